The molecule has 0 aliphatic carbocycles. The largest absolute Gasteiger partial charge is 0.379 e. The van der Waals surface area contributed by atoms with Gasteiger partial charge in [-0.1, -0.05) is 30.3 Å². The molecular formula is C19H22N2O4S. The van der Waals surface area contributed by atoms with Gasteiger partial charge in [-0.3, -0.25) is 0 Å². The Hall–Kier alpha value is -2.24. The lowest BCUT2D eigenvalue weighted by Gasteiger charge is -2.09. The number of nitrogens with one attached hydrogen (secondary N) is 1. The van der Waals surface area contributed by atoms with Gasteiger partial charge < -0.3 is 9.47 Å². The molecule has 1 N–H and O–H groups in total. The van der Waals surface area contributed by atoms with Gasteiger partial charge in [0.2, 0.25) is 10.0 Å². The molecule has 138 valence electrons. The van der Waals surface area contributed by atoms with Gasteiger partial charge in [0.15, 0.2) is 0 Å². The number of hydrogen-bond acceptors (Lipinski definition) is 5. The van der Waals surface area contributed by atoms with Gasteiger partial charge in [-0.05, 0) is 36.2 Å². The van der Waals surface area contributed by atoms with E-state index in [0.29, 0.717) is 32.0 Å². The standard InChI is InChI=1S/C19H22N2O4S/c1-2-24-9-10-25-15-18-7-3-6-17(11-18)14-21-26(22,23)19-8-4-5-16(12-19)13-20/h3-8,11-12,21H,2,9-10,14-15H2,1H3. The maximum absolute atomic E-state index is 12.4. The third-order valence-electron chi connectivity index (χ3n) is 3.58. The lowest BCUT2D eigenvalue weighted by atomic mass is 10.1. The minimum atomic E-state index is -3.68. The molecular weight excluding hydrogens is 352 g/mol. The number of sulfonamides is 1. The summed E-state index contributed by atoms with van der Waals surface area (Å²) in [6.45, 7) is 4.26. The van der Waals surface area contributed by atoms with Crippen LogP contribution in [0.3, 0.4) is 0 Å². The van der Waals surface area contributed by atoms with Gasteiger partial charge in [-0.25, -0.2) is 13.1 Å². The van der Waals surface area contributed by atoms with Crippen LogP contribution in [-0.2, 0) is 32.6 Å². The highest BCUT2D eigenvalue weighted by molar-refractivity contribution is 7.89. The van der Waals surface area contributed by atoms with Gasteiger partial charge in [0, 0.05) is 13.2 Å². The molecule has 2 rings (SSSR count). The first-order chi connectivity index (χ1) is 12.5. The zero-order chi connectivity index (χ0) is 18.8. The number of nitrogens with zero attached hydrogens (tertiary/aromatic N) is 1. The Kier molecular flexibility index (Phi) is 7.75. The van der Waals surface area contributed by atoms with Crippen LogP contribution in [0.2, 0.25) is 0 Å². The smallest absolute Gasteiger partial charge is 0.240 e. The summed E-state index contributed by atoms with van der Waals surface area (Å²) in [5.74, 6) is 0. The third-order valence-corrected chi connectivity index (χ3v) is 4.97. The predicted molar refractivity (Wildman–Crippen MR) is 97.8 cm³/mol. The van der Waals surface area contributed by atoms with E-state index in [9.17, 15) is 8.42 Å². The normalized spacial score (nSPS) is 11.2. The summed E-state index contributed by atoms with van der Waals surface area (Å²) < 4.78 is 38.0. The Morgan fingerprint density at radius 1 is 1.04 bits per heavy atom. The number of rotatable bonds is 10. The third kappa shape index (κ3) is 6.24. The number of hydrogen-bond donors (Lipinski definition) is 1. The first-order valence-electron chi connectivity index (χ1n) is 8.28. The highest BCUT2D eigenvalue weighted by atomic mass is 32.2. The van der Waals surface area contributed by atoms with Gasteiger partial charge in [-0.15, -0.1) is 0 Å². The Bertz CT molecular complexity index is 860. The van der Waals surface area contributed by atoms with Crippen molar-refractivity contribution >= 4 is 10.0 Å². The minimum Gasteiger partial charge on any atom is -0.379 e. The average molecular weight is 374 g/mol. The quantitative estimate of drug-likeness (QED) is 0.646. The molecule has 0 saturated carbocycles. The molecule has 2 aromatic rings. The van der Waals surface area contributed by atoms with Gasteiger partial charge in [-0.2, -0.15) is 5.26 Å². The summed E-state index contributed by atoms with van der Waals surface area (Å²) in [4.78, 5) is 0.0759. The molecule has 7 heteroatoms. The summed E-state index contributed by atoms with van der Waals surface area (Å²) in [6, 6.07) is 15.4. The molecule has 0 unspecified atom stereocenters. The van der Waals surface area contributed by atoms with Crippen LogP contribution in [-0.4, -0.2) is 28.2 Å². The molecule has 0 aliphatic rings. The van der Waals surface area contributed by atoms with Crippen molar-refractivity contribution in [3.05, 3.63) is 65.2 Å². The summed E-state index contributed by atoms with van der Waals surface area (Å²) in [5, 5.41) is 8.90. The lowest BCUT2D eigenvalue weighted by Crippen LogP contribution is -2.23. The molecule has 6 nitrogen and oxygen atoms in total. The number of nitriles is 1. The van der Waals surface area contributed by atoms with Crippen LogP contribution in [0.25, 0.3) is 0 Å². The van der Waals surface area contributed by atoms with Crippen LogP contribution >= 0.6 is 0 Å². The van der Waals surface area contributed by atoms with Crippen molar-refractivity contribution in [2.24, 2.45) is 0 Å². The molecule has 0 amide bonds. The van der Waals surface area contributed by atoms with Crippen LogP contribution in [0, 0.1) is 11.3 Å². The second-order valence-corrected chi connectivity index (χ2v) is 7.30. The van der Waals surface area contributed by atoms with E-state index in [4.69, 9.17) is 14.7 Å². The van der Waals surface area contributed by atoms with Crippen molar-refractivity contribution < 1.29 is 17.9 Å². The van der Waals surface area contributed by atoms with Gasteiger partial charge in [0.05, 0.1) is 36.3 Å². The van der Waals surface area contributed by atoms with E-state index in [2.05, 4.69) is 4.72 Å². The Morgan fingerprint density at radius 2 is 1.77 bits per heavy atom. The zero-order valence-corrected chi connectivity index (χ0v) is 15.5. The van der Waals surface area contributed by atoms with E-state index < -0.39 is 10.0 Å². The van der Waals surface area contributed by atoms with Gasteiger partial charge >= 0.3 is 0 Å². The Balaban J connectivity index is 1.94. The van der Waals surface area contributed by atoms with Crippen molar-refractivity contribution in [3.8, 4) is 6.07 Å². The van der Waals surface area contributed by atoms with Crippen LogP contribution < -0.4 is 4.72 Å². The average Bonchev–Trinajstić information content (AvgIpc) is 2.67. The second kappa shape index (κ2) is 10.0. The molecule has 0 bridgehead atoms. The van der Waals surface area contributed by atoms with Gasteiger partial charge in [0.25, 0.3) is 0 Å². The van der Waals surface area contributed by atoms with Crippen molar-refractivity contribution in [1.82, 2.24) is 4.72 Å². The second-order valence-electron chi connectivity index (χ2n) is 5.53. The molecule has 0 saturated heterocycles. The maximum Gasteiger partial charge on any atom is 0.240 e. The fourth-order valence-corrected chi connectivity index (χ4v) is 3.34. The van der Waals surface area contributed by atoms with E-state index in [1.165, 1.54) is 12.1 Å². The molecule has 0 aromatic heterocycles. The fourth-order valence-electron chi connectivity index (χ4n) is 2.28. The van der Waals surface area contributed by atoms with Crippen molar-refractivity contribution in [3.63, 3.8) is 0 Å². The summed E-state index contributed by atoms with van der Waals surface area (Å²) in [7, 11) is -3.68. The molecule has 2 aromatic carbocycles. The zero-order valence-electron chi connectivity index (χ0n) is 14.6. The monoisotopic (exact) mass is 374 g/mol. The molecule has 0 heterocycles. The van der Waals surface area contributed by atoms with Gasteiger partial charge in [0.1, 0.15) is 0 Å². The molecule has 0 aliphatic heterocycles. The van der Waals surface area contributed by atoms with E-state index >= 15 is 0 Å². The van der Waals surface area contributed by atoms with Crippen molar-refractivity contribution in [2.75, 3.05) is 19.8 Å². The fraction of sp³-hybridized carbons (Fsp3) is 0.316. The number of benzene rings is 2. The summed E-state index contributed by atoms with van der Waals surface area (Å²) in [6.07, 6.45) is 0. The molecule has 0 spiro atoms. The highest BCUT2D eigenvalue weighted by Crippen LogP contribution is 2.12. The molecule has 26 heavy (non-hydrogen) atoms. The number of ether oxygens (including phenoxy) is 2. The van der Waals surface area contributed by atoms with E-state index in [1.54, 1.807) is 12.1 Å². The molecule has 0 radical (unpaired) electrons. The lowest BCUT2D eigenvalue weighted by molar-refractivity contribution is 0.0453. The van der Waals surface area contributed by atoms with Crippen LogP contribution in [0.5, 0.6) is 0 Å². The Labute approximate surface area is 154 Å². The van der Waals surface area contributed by atoms with Crippen molar-refractivity contribution in [1.29, 1.82) is 5.26 Å². The van der Waals surface area contributed by atoms with Crippen LogP contribution in [0.4, 0.5) is 0 Å². The van der Waals surface area contributed by atoms with Crippen LogP contribution in [0.1, 0.15) is 23.6 Å². The first kappa shape index (κ1) is 20.1. The summed E-state index contributed by atoms with van der Waals surface area (Å²) >= 11 is 0. The van der Waals surface area contributed by atoms with E-state index in [-0.39, 0.29) is 11.4 Å². The predicted octanol–water partition coefficient (Wildman–Crippen LogP) is 2.59. The van der Waals surface area contributed by atoms with E-state index in [1.807, 2.05) is 37.3 Å². The van der Waals surface area contributed by atoms with E-state index in [0.717, 1.165) is 11.1 Å². The molecule has 0 atom stereocenters. The van der Waals surface area contributed by atoms with Crippen LogP contribution in [0.15, 0.2) is 53.4 Å². The summed E-state index contributed by atoms with van der Waals surface area (Å²) in [5.41, 5.74) is 2.10. The SMILES string of the molecule is CCOCCOCc1cccc(CNS(=O)(=O)c2cccc(C#N)c2)c1. The molecule has 0 fully saturated rings. The topological polar surface area (TPSA) is 88.4 Å². The highest BCUT2D eigenvalue weighted by Gasteiger charge is 2.14. The Morgan fingerprint density at radius 3 is 2.54 bits per heavy atom. The maximum atomic E-state index is 12.4. The first-order valence-corrected chi connectivity index (χ1v) is 9.76. The van der Waals surface area contributed by atoms with Crippen molar-refractivity contribution in [2.45, 2.75) is 25.0 Å². The minimum absolute atomic E-state index is 0.0759.